The highest BCUT2D eigenvalue weighted by molar-refractivity contribution is 5.37. The molecule has 0 amide bonds. The second-order valence-corrected chi connectivity index (χ2v) is 3.44. The maximum atomic E-state index is 12.5. The van der Waals surface area contributed by atoms with Gasteiger partial charge >= 0.3 is 6.18 Å². The summed E-state index contributed by atoms with van der Waals surface area (Å²) in [7, 11) is 1.45. The Balaban J connectivity index is 2.97. The lowest BCUT2D eigenvalue weighted by molar-refractivity contribution is -0.145. The monoisotopic (exact) mass is 266 g/mol. The molecular formula is C9H13F3N4O2. The molecule has 0 aliphatic heterocycles. The lowest BCUT2D eigenvalue weighted by Crippen LogP contribution is -2.21. The second kappa shape index (κ2) is 5.83. The number of rotatable bonds is 5. The van der Waals surface area contributed by atoms with Gasteiger partial charge < -0.3 is 14.9 Å². The van der Waals surface area contributed by atoms with Crippen molar-refractivity contribution in [3.63, 3.8) is 0 Å². The van der Waals surface area contributed by atoms with Crippen molar-refractivity contribution < 1.29 is 22.6 Å². The maximum Gasteiger partial charge on any atom is 0.451 e. The van der Waals surface area contributed by atoms with E-state index in [1.165, 1.54) is 13.2 Å². The van der Waals surface area contributed by atoms with Gasteiger partial charge in [-0.2, -0.15) is 18.2 Å². The van der Waals surface area contributed by atoms with Crippen molar-refractivity contribution in [3.05, 3.63) is 11.9 Å². The van der Waals surface area contributed by atoms with Crippen molar-refractivity contribution in [2.75, 3.05) is 19.1 Å². The molecule has 1 aromatic heterocycles. The highest BCUT2D eigenvalue weighted by atomic mass is 19.4. The number of nitrogen functional groups attached to an aromatic ring is 1. The van der Waals surface area contributed by atoms with Crippen molar-refractivity contribution in [1.82, 2.24) is 9.97 Å². The number of hydrazine groups is 1. The summed E-state index contributed by atoms with van der Waals surface area (Å²) in [5.74, 6) is 3.30. The molecule has 0 aliphatic carbocycles. The third kappa shape index (κ3) is 4.00. The Morgan fingerprint density at radius 1 is 1.44 bits per heavy atom. The number of nitrogens with zero attached hydrogens (tertiary/aromatic N) is 2. The van der Waals surface area contributed by atoms with Gasteiger partial charge in [-0.15, -0.1) is 0 Å². The Labute approximate surface area is 101 Å². The van der Waals surface area contributed by atoms with Crippen LogP contribution in [0.4, 0.5) is 19.0 Å². The maximum absolute atomic E-state index is 12.5. The van der Waals surface area contributed by atoms with Gasteiger partial charge in [-0.05, 0) is 6.92 Å². The molecule has 1 atom stereocenters. The Hall–Kier alpha value is -1.61. The van der Waals surface area contributed by atoms with Crippen molar-refractivity contribution in [2.45, 2.75) is 19.2 Å². The predicted molar refractivity (Wildman–Crippen MR) is 56.8 cm³/mol. The van der Waals surface area contributed by atoms with Gasteiger partial charge in [-0.1, -0.05) is 0 Å². The largest absolute Gasteiger partial charge is 0.472 e. The number of ether oxygens (including phenoxy) is 2. The Kier molecular flexibility index (Phi) is 4.68. The normalized spacial score (nSPS) is 13.2. The predicted octanol–water partition coefficient (Wildman–Crippen LogP) is 1.19. The lowest BCUT2D eigenvalue weighted by atomic mass is 10.4. The molecule has 9 heteroatoms. The van der Waals surface area contributed by atoms with Crippen LogP contribution in [-0.4, -0.2) is 29.8 Å². The first kappa shape index (κ1) is 14.5. The van der Waals surface area contributed by atoms with Crippen molar-refractivity contribution in [2.24, 2.45) is 5.84 Å². The van der Waals surface area contributed by atoms with Gasteiger partial charge in [0.05, 0.1) is 6.61 Å². The number of aromatic nitrogens is 2. The summed E-state index contributed by atoms with van der Waals surface area (Å²) in [4.78, 5) is 6.46. The zero-order chi connectivity index (χ0) is 13.8. The van der Waals surface area contributed by atoms with E-state index in [0.29, 0.717) is 0 Å². The van der Waals surface area contributed by atoms with Crippen LogP contribution in [0.1, 0.15) is 12.7 Å². The van der Waals surface area contributed by atoms with Crippen LogP contribution in [0.25, 0.3) is 0 Å². The molecule has 3 N–H and O–H groups in total. The molecule has 6 nitrogen and oxygen atoms in total. The van der Waals surface area contributed by atoms with Gasteiger partial charge in [0.1, 0.15) is 11.9 Å². The molecule has 0 fully saturated rings. The fraction of sp³-hybridized carbons (Fsp3) is 0.556. The molecule has 1 unspecified atom stereocenters. The Morgan fingerprint density at radius 3 is 2.61 bits per heavy atom. The third-order valence-corrected chi connectivity index (χ3v) is 1.83. The van der Waals surface area contributed by atoms with Gasteiger partial charge in [-0.25, -0.2) is 10.8 Å². The molecule has 0 saturated carbocycles. The first-order valence-electron chi connectivity index (χ1n) is 4.95. The van der Waals surface area contributed by atoms with E-state index in [0.717, 1.165) is 0 Å². The first-order chi connectivity index (χ1) is 8.36. The van der Waals surface area contributed by atoms with Crippen LogP contribution in [0.2, 0.25) is 0 Å². The van der Waals surface area contributed by atoms with E-state index >= 15 is 0 Å². The van der Waals surface area contributed by atoms with E-state index in [9.17, 15) is 13.2 Å². The van der Waals surface area contributed by atoms with Crippen LogP contribution >= 0.6 is 0 Å². The number of alkyl halides is 3. The molecule has 0 saturated heterocycles. The van der Waals surface area contributed by atoms with Crippen molar-refractivity contribution in [1.29, 1.82) is 0 Å². The van der Waals surface area contributed by atoms with Crippen LogP contribution in [0.5, 0.6) is 5.88 Å². The minimum atomic E-state index is -4.67. The van der Waals surface area contributed by atoms with Gasteiger partial charge in [-0.3, -0.25) is 0 Å². The van der Waals surface area contributed by atoms with Crippen LogP contribution in [-0.2, 0) is 10.9 Å². The minimum Gasteiger partial charge on any atom is -0.472 e. The molecule has 102 valence electrons. The van der Waals surface area contributed by atoms with E-state index in [1.54, 1.807) is 6.92 Å². The molecule has 0 aliphatic rings. The van der Waals surface area contributed by atoms with E-state index < -0.39 is 18.1 Å². The summed E-state index contributed by atoms with van der Waals surface area (Å²) < 4.78 is 47.4. The molecular weight excluding hydrogens is 253 g/mol. The number of hydrogen-bond donors (Lipinski definition) is 2. The second-order valence-electron chi connectivity index (χ2n) is 3.44. The SMILES string of the molecule is COCC(C)Oc1cc(NN)nc(C(F)(F)F)n1. The number of hydrogen-bond acceptors (Lipinski definition) is 6. The number of nitrogens with two attached hydrogens (primary N) is 1. The third-order valence-electron chi connectivity index (χ3n) is 1.83. The highest BCUT2D eigenvalue weighted by Crippen LogP contribution is 2.28. The number of nitrogens with one attached hydrogen (secondary N) is 1. The number of halogens is 3. The fourth-order valence-corrected chi connectivity index (χ4v) is 1.16. The minimum absolute atomic E-state index is 0.183. The van der Waals surface area contributed by atoms with Gasteiger partial charge in [0.2, 0.25) is 11.7 Å². The Morgan fingerprint density at radius 2 is 2.11 bits per heavy atom. The molecule has 1 rings (SSSR count). The van der Waals surface area contributed by atoms with E-state index in [-0.39, 0.29) is 18.3 Å². The van der Waals surface area contributed by atoms with E-state index in [1.807, 2.05) is 5.43 Å². The van der Waals surface area contributed by atoms with Gasteiger partial charge in [0.25, 0.3) is 0 Å². The van der Waals surface area contributed by atoms with Crippen LogP contribution in [0.3, 0.4) is 0 Å². The zero-order valence-corrected chi connectivity index (χ0v) is 9.78. The summed E-state index contributed by atoms with van der Waals surface area (Å²) in [6.07, 6.45) is -5.12. The molecule has 0 radical (unpaired) electrons. The summed E-state index contributed by atoms with van der Waals surface area (Å²) in [5, 5.41) is 0. The van der Waals surface area contributed by atoms with E-state index in [2.05, 4.69) is 9.97 Å². The lowest BCUT2D eigenvalue weighted by Gasteiger charge is -2.15. The Bertz CT molecular complexity index is 400. The number of methoxy groups -OCH3 is 1. The molecule has 18 heavy (non-hydrogen) atoms. The quantitative estimate of drug-likeness (QED) is 0.615. The van der Waals surface area contributed by atoms with Crippen molar-refractivity contribution >= 4 is 5.82 Å². The first-order valence-corrected chi connectivity index (χ1v) is 4.95. The van der Waals surface area contributed by atoms with Crippen LogP contribution < -0.4 is 16.0 Å². The standard InChI is InChI=1S/C9H13F3N4O2/c1-5(4-17-2)18-7-3-6(16-13)14-8(15-7)9(10,11)12/h3,5H,4,13H2,1-2H3,(H,14,15,16). The molecule has 1 heterocycles. The average molecular weight is 266 g/mol. The zero-order valence-electron chi connectivity index (χ0n) is 9.78. The summed E-state index contributed by atoms with van der Waals surface area (Å²) in [6.45, 7) is 1.85. The summed E-state index contributed by atoms with van der Waals surface area (Å²) in [6, 6.07) is 1.17. The smallest absolute Gasteiger partial charge is 0.451 e. The summed E-state index contributed by atoms with van der Waals surface area (Å²) in [5.41, 5.74) is 2.02. The number of anilines is 1. The van der Waals surface area contributed by atoms with Crippen molar-refractivity contribution in [3.8, 4) is 5.88 Å². The fourth-order valence-electron chi connectivity index (χ4n) is 1.16. The molecule has 1 aromatic rings. The molecule has 0 aromatic carbocycles. The topological polar surface area (TPSA) is 82.3 Å². The van der Waals surface area contributed by atoms with E-state index in [4.69, 9.17) is 15.3 Å². The molecule has 0 bridgehead atoms. The highest BCUT2D eigenvalue weighted by Gasteiger charge is 2.35. The van der Waals surface area contributed by atoms with Crippen LogP contribution in [0.15, 0.2) is 6.07 Å². The summed E-state index contributed by atoms with van der Waals surface area (Å²) >= 11 is 0. The van der Waals surface area contributed by atoms with Gasteiger partial charge in [0, 0.05) is 13.2 Å². The molecule has 0 spiro atoms. The van der Waals surface area contributed by atoms with Crippen LogP contribution in [0, 0.1) is 0 Å². The average Bonchev–Trinajstić information content (AvgIpc) is 2.27. The van der Waals surface area contributed by atoms with Gasteiger partial charge in [0.15, 0.2) is 0 Å².